The van der Waals surface area contributed by atoms with Gasteiger partial charge in [0.25, 0.3) is 5.91 Å². The predicted octanol–water partition coefficient (Wildman–Crippen LogP) is 3.03. The standard InChI is InChI=1S/C24H28N6O2/c1-17-14-20(27-32-17)22(31)30-15-18-6-4-5-7-19(18)24(16-30)9-12-29(13-10-24)21-8-11-25-23(26-21)28(2)3/h4-8,11,14H,9-10,12-13,15-16H2,1-3H3. The van der Waals surface area contributed by atoms with Gasteiger partial charge in [-0.25, -0.2) is 4.98 Å². The number of fused-ring (bicyclic) bond motifs is 2. The van der Waals surface area contributed by atoms with E-state index in [0.29, 0.717) is 30.5 Å². The van der Waals surface area contributed by atoms with Crippen molar-refractivity contribution in [1.82, 2.24) is 20.0 Å². The Morgan fingerprint density at radius 3 is 2.66 bits per heavy atom. The van der Waals surface area contributed by atoms with Crippen molar-refractivity contribution >= 4 is 17.7 Å². The quantitative estimate of drug-likeness (QED) is 0.629. The molecule has 8 heteroatoms. The molecule has 0 bridgehead atoms. The van der Waals surface area contributed by atoms with Crippen molar-refractivity contribution in [3.63, 3.8) is 0 Å². The van der Waals surface area contributed by atoms with Crippen molar-refractivity contribution in [2.45, 2.75) is 31.7 Å². The number of hydrogen-bond donors (Lipinski definition) is 0. The number of carbonyl (C=O) groups is 1. The third-order valence-electron chi connectivity index (χ3n) is 6.65. The minimum atomic E-state index is -0.0722. The summed E-state index contributed by atoms with van der Waals surface area (Å²) in [5.41, 5.74) is 2.90. The van der Waals surface area contributed by atoms with Gasteiger partial charge in [0.05, 0.1) is 0 Å². The first-order chi connectivity index (χ1) is 15.4. The lowest BCUT2D eigenvalue weighted by Gasteiger charge is -2.48. The average Bonchev–Trinajstić information content (AvgIpc) is 3.25. The van der Waals surface area contributed by atoms with E-state index in [9.17, 15) is 4.79 Å². The molecule has 8 nitrogen and oxygen atoms in total. The van der Waals surface area contributed by atoms with Crippen molar-refractivity contribution in [3.8, 4) is 0 Å². The lowest BCUT2D eigenvalue weighted by atomic mass is 9.68. The molecule has 2 aliphatic heterocycles. The Labute approximate surface area is 187 Å². The van der Waals surface area contributed by atoms with Crippen molar-refractivity contribution in [2.24, 2.45) is 0 Å². The number of rotatable bonds is 3. The van der Waals surface area contributed by atoms with E-state index in [4.69, 9.17) is 9.51 Å². The van der Waals surface area contributed by atoms with Crippen LogP contribution in [0.5, 0.6) is 0 Å². The van der Waals surface area contributed by atoms with Crippen LogP contribution in [0.2, 0.25) is 0 Å². The first-order valence-electron chi connectivity index (χ1n) is 11.0. The minimum Gasteiger partial charge on any atom is -0.361 e. The number of aromatic nitrogens is 3. The van der Waals surface area contributed by atoms with Gasteiger partial charge in [-0.1, -0.05) is 29.4 Å². The average molecular weight is 433 g/mol. The summed E-state index contributed by atoms with van der Waals surface area (Å²) in [6, 6.07) is 12.2. The fourth-order valence-corrected chi connectivity index (χ4v) is 4.98. The number of nitrogens with zero attached hydrogens (tertiary/aromatic N) is 6. The summed E-state index contributed by atoms with van der Waals surface area (Å²) in [7, 11) is 3.90. The normalized spacial score (nSPS) is 17.3. The predicted molar refractivity (Wildman–Crippen MR) is 122 cm³/mol. The highest BCUT2D eigenvalue weighted by atomic mass is 16.5. The molecule has 0 unspecified atom stereocenters. The maximum Gasteiger partial charge on any atom is 0.276 e. The van der Waals surface area contributed by atoms with Crippen molar-refractivity contribution in [1.29, 1.82) is 0 Å². The Morgan fingerprint density at radius 2 is 1.94 bits per heavy atom. The molecule has 2 aromatic heterocycles. The van der Waals surface area contributed by atoms with Gasteiger partial charge in [0, 0.05) is 58.0 Å². The lowest BCUT2D eigenvalue weighted by Crippen LogP contribution is -2.53. The van der Waals surface area contributed by atoms with Crippen molar-refractivity contribution in [2.75, 3.05) is 43.5 Å². The Hall–Kier alpha value is -3.42. The van der Waals surface area contributed by atoms with Gasteiger partial charge in [0.1, 0.15) is 11.6 Å². The molecule has 0 N–H and O–H groups in total. The van der Waals surface area contributed by atoms with Gasteiger partial charge in [-0.15, -0.1) is 0 Å². The molecule has 0 radical (unpaired) electrons. The summed E-state index contributed by atoms with van der Waals surface area (Å²) in [5, 5.41) is 3.96. The van der Waals surface area contributed by atoms with Crippen LogP contribution in [0.4, 0.5) is 11.8 Å². The second-order valence-electron chi connectivity index (χ2n) is 9.02. The molecule has 32 heavy (non-hydrogen) atoms. The van der Waals surface area contributed by atoms with Gasteiger partial charge in [-0.05, 0) is 37.0 Å². The fraction of sp³-hybridized carbons (Fsp3) is 0.417. The Balaban J connectivity index is 1.41. The molecule has 3 aromatic rings. The van der Waals surface area contributed by atoms with Gasteiger partial charge in [-0.2, -0.15) is 4.98 Å². The van der Waals surface area contributed by atoms with Crippen LogP contribution in [0, 0.1) is 6.92 Å². The first kappa shape index (κ1) is 20.5. The van der Waals surface area contributed by atoms with Crippen LogP contribution in [0.15, 0.2) is 47.1 Å². The highest BCUT2D eigenvalue weighted by Gasteiger charge is 2.43. The molecule has 2 aliphatic rings. The van der Waals surface area contributed by atoms with E-state index in [1.165, 1.54) is 11.1 Å². The Kier molecular flexibility index (Phi) is 5.07. The summed E-state index contributed by atoms with van der Waals surface area (Å²) in [4.78, 5) is 28.4. The van der Waals surface area contributed by atoms with E-state index in [1.54, 1.807) is 13.0 Å². The van der Waals surface area contributed by atoms with Crippen LogP contribution < -0.4 is 9.80 Å². The zero-order chi connectivity index (χ0) is 22.3. The van der Waals surface area contributed by atoms with Crippen LogP contribution in [-0.4, -0.2) is 59.7 Å². The van der Waals surface area contributed by atoms with Gasteiger partial charge >= 0.3 is 0 Å². The van der Waals surface area contributed by atoms with Crippen LogP contribution in [0.1, 0.15) is 40.2 Å². The SMILES string of the molecule is Cc1cc(C(=O)N2Cc3ccccc3C3(CCN(c4ccnc(N(C)C)n4)CC3)C2)no1. The van der Waals surface area contributed by atoms with Gasteiger partial charge in [0.2, 0.25) is 5.95 Å². The van der Waals surface area contributed by atoms with Crippen LogP contribution >= 0.6 is 0 Å². The summed E-state index contributed by atoms with van der Waals surface area (Å²) in [6.07, 6.45) is 3.72. The molecule has 0 saturated carbocycles. The highest BCUT2D eigenvalue weighted by Crippen LogP contribution is 2.42. The van der Waals surface area contributed by atoms with E-state index < -0.39 is 0 Å². The van der Waals surface area contributed by atoms with E-state index in [2.05, 4.69) is 39.3 Å². The molecule has 0 aliphatic carbocycles. The Bertz CT molecular complexity index is 1130. The number of aryl methyl sites for hydroxylation is 1. The molecular weight excluding hydrogens is 404 g/mol. The third-order valence-corrected chi connectivity index (χ3v) is 6.65. The molecule has 4 heterocycles. The number of benzene rings is 1. The molecular formula is C24H28N6O2. The lowest BCUT2D eigenvalue weighted by molar-refractivity contribution is 0.0637. The Morgan fingerprint density at radius 1 is 1.16 bits per heavy atom. The fourth-order valence-electron chi connectivity index (χ4n) is 4.98. The smallest absolute Gasteiger partial charge is 0.276 e. The van der Waals surface area contributed by atoms with E-state index >= 15 is 0 Å². The maximum absolute atomic E-state index is 13.2. The number of anilines is 2. The molecule has 1 amide bonds. The third kappa shape index (κ3) is 3.59. The van der Waals surface area contributed by atoms with Crippen LogP contribution in [0.25, 0.3) is 0 Å². The zero-order valence-electron chi connectivity index (χ0n) is 18.8. The van der Waals surface area contributed by atoms with E-state index in [1.807, 2.05) is 36.2 Å². The van der Waals surface area contributed by atoms with Gasteiger partial charge in [0.15, 0.2) is 5.69 Å². The van der Waals surface area contributed by atoms with E-state index in [-0.39, 0.29) is 11.3 Å². The van der Waals surface area contributed by atoms with Crippen LogP contribution in [0.3, 0.4) is 0 Å². The molecule has 1 aromatic carbocycles. The second-order valence-corrected chi connectivity index (χ2v) is 9.02. The maximum atomic E-state index is 13.2. The summed E-state index contributed by atoms with van der Waals surface area (Å²) < 4.78 is 5.15. The first-order valence-corrected chi connectivity index (χ1v) is 11.0. The van der Waals surface area contributed by atoms with Crippen molar-refractivity contribution in [3.05, 3.63) is 65.2 Å². The largest absolute Gasteiger partial charge is 0.361 e. The second kappa shape index (κ2) is 7.93. The summed E-state index contributed by atoms with van der Waals surface area (Å²) in [5.74, 6) is 2.25. The zero-order valence-corrected chi connectivity index (χ0v) is 18.8. The van der Waals surface area contributed by atoms with E-state index in [0.717, 1.165) is 31.7 Å². The van der Waals surface area contributed by atoms with Crippen LogP contribution in [-0.2, 0) is 12.0 Å². The molecule has 1 saturated heterocycles. The van der Waals surface area contributed by atoms with Gasteiger partial charge in [-0.3, -0.25) is 4.79 Å². The monoisotopic (exact) mass is 432 g/mol. The topological polar surface area (TPSA) is 78.6 Å². The molecule has 1 spiro atoms. The molecule has 166 valence electrons. The molecule has 1 fully saturated rings. The highest BCUT2D eigenvalue weighted by molar-refractivity contribution is 5.92. The van der Waals surface area contributed by atoms with Crippen molar-refractivity contribution < 1.29 is 9.32 Å². The number of piperidine rings is 1. The summed E-state index contributed by atoms with van der Waals surface area (Å²) in [6.45, 7) is 4.85. The van der Waals surface area contributed by atoms with Gasteiger partial charge < -0.3 is 19.2 Å². The number of hydrogen-bond acceptors (Lipinski definition) is 7. The summed E-state index contributed by atoms with van der Waals surface area (Å²) >= 11 is 0. The molecule has 0 atom stereocenters. The number of amides is 1. The molecule has 5 rings (SSSR count). The number of carbonyl (C=O) groups excluding carboxylic acids is 1. The minimum absolute atomic E-state index is 0.0652.